The lowest BCUT2D eigenvalue weighted by Crippen LogP contribution is -2.29. The first-order valence-electron chi connectivity index (χ1n) is 11.8. The molecular formula is C28H25BrN4O3S. The van der Waals surface area contributed by atoms with Crippen molar-refractivity contribution in [2.24, 2.45) is 0 Å². The van der Waals surface area contributed by atoms with Gasteiger partial charge in [0.1, 0.15) is 23.3 Å². The number of hydrogen-bond donors (Lipinski definition) is 2. The van der Waals surface area contributed by atoms with Gasteiger partial charge in [0.25, 0.3) is 0 Å². The number of aromatic nitrogens is 1. The molecule has 2 atom stereocenters. The van der Waals surface area contributed by atoms with E-state index in [-0.39, 0.29) is 18.0 Å². The maximum Gasteiger partial charge on any atom is 0.224 e. The molecule has 1 aliphatic rings. The number of amides is 1. The molecule has 188 valence electrons. The van der Waals surface area contributed by atoms with Gasteiger partial charge in [-0.05, 0) is 60.7 Å². The molecule has 0 aliphatic carbocycles. The Bertz CT molecular complexity index is 1430. The number of thiocarbonyl (C=S) groups is 1. The van der Waals surface area contributed by atoms with Crippen LogP contribution in [-0.2, 0) is 4.79 Å². The average molecular weight is 578 g/mol. The van der Waals surface area contributed by atoms with Crippen molar-refractivity contribution < 1.29 is 13.9 Å². The molecule has 7 nitrogen and oxygen atoms in total. The topological polar surface area (TPSA) is 79.6 Å². The number of carbonyl (C=O) groups is 1. The van der Waals surface area contributed by atoms with Crippen molar-refractivity contribution in [3.8, 4) is 17.1 Å². The number of anilines is 2. The Kier molecular flexibility index (Phi) is 7.25. The standard InChI is InChI=1S/C28H25BrN4O3S/c1-3-25(34)31-20-12-11-19(16-24(20)35-2)33-27(26(32-28(33)37)21-6-4-5-15-30-21)23-14-13-22(36-23)17-7-9-18(29)10-8-17/h4-16,26-27H,3H2,1-2H3,(H,31,34)(H,32,37). The molecule has 1 amide bonds. The Morgan fingerprint density at radius 1 is 1.16 bits per heavy atom. The van der Waals surface area contributed by atoms with Crippen molar-refractivity contribution in [2.45, 2.75) is 25.4 Å². The third kappa shape index (κ3) is 5.10. The molecule has 9 heteroatoms. The van der Waals surface area contributed by atoms with Gasteiger partial charge < -0.3 is 24.7 Å². The van der Waals surface area contributed by atoms with E-state index in [4.69, 9.17) is 21.4 Å². The van der Waals surface area contributed by atoms with E-state index in [0.717, 1.165) is 32.9 Å². The van der Waals surface area contributed by atoms with Crippen molar-refractivity contribution in [1.29, 1.82) is 0 Å². The number of carbonyl (C=O) groups excluding carboxylic acids is 1. The number of methoxy groups -OCH3 is 1. The van der Waals surface area contributed by atoms with Gasteiger partial charge in [-0.1, -0.05) is 41.1 Å². The number of halogens is 1. The number of nitrogens with one attached hydrogen (secondary N) is 2. The molecule has 0 saturated carbocycles. The Labute approximate surface area is 229 Å². The van der Waals surface area contributed by atoms with E-state index < -0.39 is 0 Å². The highest BCUT2D eigenvalue weighted by Gasteiger charge is 2.42. The van der Waals surface area contributed by atoms with Crippen molar-refractivity contribution in [2.75, 3.05) is 17.3 Å². The van der Waals surface area contributed by atoms with E-state index in [9.17, 15) is 4.79 Å². The lowest BCUT2D eigenvalue weighted by atomic mass is 10.0. The van der Waals surface area contributed by atoms with Gasteiger partial charge in [0.15, 0.2) is 5.11 Å². The van der Waals surface area contributed by atoms with Crippen LogP contribution in [0, 0.1) is 0 Å². The number of hydrogen-bond acceptors (Lipinski definition) is 5. The molecule has 2 N–H and O–H groups in total. The van der Waals surface area contributed by atoms with Crippen molar-refractivity contribution in [1.82, 2.24) is 10.3 Å². The largest absolute Gasteiger partial charge is 0.494 e. The fraction of sp³-hybridized carbons (Fsp3) is 0.179. The molecule has 2 unspecified atom stereocenters. The predicted octanol–water partition coefficient (Wildman–Crippen LogP) is 6.64. The van der Waals surface area contributed by atoms with Crippen LogP contribution in [0.3, 0.4) is 0 Å². The Hall–Kier alpha value is -3.69. The number of ether oxygens (including phenoxy) is 1. The molecule has 1 aliphatic heterocycles. The minimum atomic E-state index is -0.313. The highest BCUT2D eigenvalue weighted by atomic mass is 79.9. The van der Waals surface area contributed by atoms with Crippen LogP contribution in [0.1, 0.15) is 36.9 Å². The summed E-state index contributed by atoms with van der Waals surface area (Å²) >= 11 is 9.31. The van der Waals surface area contributed by atoms with Gasteiger partial charge in [0.05, 0.1) is 24.5 Å². The van der Waals surface area contributed by atoms with Crippen LogP contribution in [0.25, 0.3) is 11.3 Å². The third-order valence-corrected chi connectivity index (χ3v) is 7.05. The van der Waals surface area contributed by atoms with Crippen molar-refractivity contribution >= 4 is 50.5 Å². The lowest BCUT2D eigenvalue weighted by molar-refractivity contribution is -0.115. The van der Waals surface area contributed by atoms with Crippen LogP contribution in [0.2, 0.25) is 0 Å². The van der Waals surface area contributed by atoms with E-state index in [1.54, 1.807) is 20.2 Å². The second kappa shape index (κ2) is 10.7. The monoisotopic (exact) mass is 576 g/mol. The molecule has 0 radical (unpaired) electrons. The summed E-state index contributed by atoms with van der Waals surface area (Å²) in [6.45, 7) is 1.80. The normalized spacial score (nSPS) is 16.9. The summed E-state index contributed by atoms with van der Waals surface area (Å²) in [6.07, 6.45) is 2.14. The second-order valence-electron chi connectivity index (χ2n) is 8.49. The Morgan fingerprint density at radius 3 is 2.68 bits per heavy atom. The Balaban J connectivity index is 1.57. The van der Waals surface area contributed by atoms with Crippen molar-refractivity contribution in [3.05, 3.63) is 94.9 Å². The predicted molar refractivity (Wildman–Crippen MR) is 152 cm³/mol. The fourth-order valence-corrected chi connectivity index (χ4v) is 4.98. The third-order valence-electron chi connectivity index (χ3n) is 6.20. The van der Waals surface area contributed by atoms with Gasteiger partial charge in [-0.3, -0.25) is 9.78 Å². The molecule has 37 heavy (non-hydrogen) atoms. The Morgan fingerprint density at radius 2 is 1.97 bits per heavy atom. The molecular weight excluding hydrogens is 552 g/mol. The molecule has 0 spiro atoms. The number of furan rings is 1. The highest BCUT2D eigenvalue weighted by Crippen LogP contribution is 2.44. The fourth-order valence-electron chi connectivity index (χ4n) is 4.37. The first-order valence-corrected chi connectivity index (χ1v) is 13.0. The van der Waals surface area contributed by atoms with Crippen LogP contribution < -0.4 is 20.3 Å². The maximum atomic E-state index is 12.0. The quantitative estimate of drug-likeness (QED) is 0.239. The van der Waals surface area contributed by atoms with Gasteiger partial charge >= 0.3 is 0 Å². The van der Waals surface area contributed by atoms with Gasteiger partial charge in [0.2, 0.25) is 5.91 Å². The molecule has 1 saturated heterocycles. The summed E-state index contributed by atoms with van der Waals surface area (Å²) in [5, 5.41) is 6.85. The smallest absolute Gasteiger partial charge is 0.224 e. The number of benzene rings is 2. The van der Waals surface area contributed by atoms with E-state index in [2.05, 4.69) is 31.5 Å². The molecule has 2 aromatic carbocycles. The van der Waals surface area contributed by atoms with Gasteiger partial charge in [-0.2, -0.15) is 0 Å². The first kappa shape index (κ1) is 25.0. The molecule has 2 aromatic heterocycles. The second-order valence-corrected chi connectivity index (χ2v) is 9.79. The minimum Gasteiger partial charge on any atom is -0.494 e. The molecule has 3 heterocycles. The molecule has 5 rings (SSSR count). The molecule has 1 fully saturated rings. The summed E-state index contributed by atoms with van der Waals surface area (Å²) in [6, 6.07) is 22.8. The van der Waals surface area contributed by atoms with Gasteiger partial charge in [-0.15, -0.1) is 0 Å². The van der Waals surface area contributed by atoms with Crippen LogP contribution in [0.5, 0.6) is 5.75 Å². The molecule has 0 bridgehead atoms. The molecule has 4 aromatic rings. The average Bonchev–Trinajstić information content (AvgIpc) is 3.54. The lowest BCUT2D eigenvalue weighted by Gasteiger charge is -2.27. The number of pyridine rings is 1. The summed E-state index contributed by atoms with van der Waals surface area (Å²) in [5.74, 6) is 1.95. The van der Waals surface area contributed by atoms with Gasteiger partial charge in [0, 0.05) is 34.4 Å². The zero-order valence-electron chi connectivity index (χ0n) is 20.3. The van der Waals surface area contributed by atoms with E-state index in [1.165, 1.54) is 0 Å². The SMILES string of the molecule is CCC(=O)Nc1ccc(N2C(=S)NC(c3ccccn3)C2c2ccc(-c3ccc(Br)cc3)o2)cc1OC. The minimum absolute atomic E-state index is 0.0893. The van der Waals surface area contributed by atoms with Crippen LogP contribution >= 0.6 is 28.1 Å². The number of rotatable bonds is 7. The zero-order chi connectivity index (χ0) is 25.9. The van der Waals surface area contributed by atoms with Gasteiger partial charge in [-0.25, -0.2) is 0 Å². The van der Waals surface area contributed by atoms with Crippen LogP contribution in [0.15, 0.2) is 87.9 Å². The van der Waals surface area contributed by atoms with Crippen molar-refractivity contribution in [3.63, 3.8) is 0 Å². The van der Waals surface area contributed by atoms with E-state index in [1.807, 2.05) is 77.7 Å². The maximum absolute atomic E-state index is 12.0. The first-order chi connectivity index (χ1) is 18.0. The number of nitrogens with zero attached hydrogens (tertiary/aromatic N) is 2. The van der Waals surface area contributed by atoms with E-state index in [0.29, 0.717) is 23.0 Å². The summed E-state index contributed by atoms with van der Waals surface area (Å²) in [4.78, 5) is 18.6. The summed E-state index contributed by atoms with van der Waals surface area (Å²) < 4.78 is 13.0. The van der Waals surface area contributed by atoms with Crippen LogP contribution in [0.4, 0.5) is 11.4 Å². The summed E-state index contributed by atoms with van der Waals surface area (Å²) in [7, 11) is 1.58. The highest BCUT2D eigenvalue weighted by molar-refractivity contribution is 9.10. The van der Waals surface area contributed by atoms with E-state index >= 15 is 0 Å². The zero-order valence-corrected chi connectivity index (χ0v) is 22.7. The van der Waals surface area contributed by atoms with Crippen LogP contribution in [-0.4, -0.2) is 23.1 Å². The summed E-state index contributed by atoms with van der Waals surface area (Å²) in [5.41, 5.74) is 3.22.